The SMILES string of the molecule is CC(C)(C)NC(=O)C1(C(=O)Nc2ccc(F)c(F)c2F)CC1. The van der Waals surface area contributed by atoms with E-state index >= 15 is 0 Å². The monoisotopic (exact) mass is 314 g/mol. The van der Waals surface area contributed by atoms with Crippen LogP contribution in [0.15, 0.2) is 12.1 Å². The minimum atomic E-state index is -1.67. The van der Waals surface area contributed by atoms with Crippen molar-refractivity contribution in [2.75, 3.05) is 5.32 Å². The Kier molecular flexibility index (Phi) is 3.93. The zero-order valence-corrected chi connectivity index (χ0v) is 12.5. The maximum absolute atomic E-state index is 13.6. The van der Waals surface area contributed by atoms with Gasteiger partial charge in [-0.25, -0.2) is 13.2 Å². The van der Waals surface area contributed by atoms with Crippen molar-refractivity contribution in [2.45, 2.75) is 39.2 Å². The summed E-state index contributed by atoms with van der Waals surface area (Å²) in [6, 6.07) is 1.63. The zero-order chi connectivity index (χ0) is 16.7. The van der Waals surface area contributed by atoms with Crippen LogP contribution in [-0.2, 0) is 9.59 Å². The summed E-state index contributed by atoms with van der Waals surface area (Å²) < 4.78 is 39.6. The van der Waals surface area contributed by atoms with Crippen molar-refractivity contribution < 1.29 is 22.8 Å². The number of hydrogen-bond donors (Lipinski definition) is 2. The summed E-state index contributed by atoms with van der Waals surface area (Å²) in [4.78, 5) is 24.4. The van der Waals surface area contributed by atoms with Gasteiger partial charge in [0.15, 0.2) is 17.5 Å². The third-order valence-corrected chi connectivity index (χ3v) is 3.39. The van der Waals surface area contributed by atoms with Gasteiger partial charge in [0, 0.05) is 5.54 Å². The van der Waals surface area contributed by atoms with Gasteiger partial charge in [0.1, 0.15) is 5.41 Å². The molecule has 0 spiro atoms. The Bertz CT molecular complexity index is 634. The van der Waals surface area contributed by atoms with Crippen LogP contribution in [0, 0.1) is 22.9 Å². The van der Waals surface area contributed by atoms with Crippen LogP contribution >= 0.6 is 0 Å². The smallest absolute Gasteiger partial charge is 0.240 e. The van der Waals surface area contributed by atoms with Crippen molar-refractivity contribution in [1.29, 1.82) is 0 Å². The Balaban J connectivity index is 2.16. The van der Waals surface area contributed by atoms with Crippen LogP contribution < -0.4 is 10.6 Å². The van der Waals surface area contributed by atoms with E-state index in [1.54, 1.807) is 20.8 Å². The molecule has 0 aliphatic heterocycles. The second-order valence-electron chi connectivity index (χ2n) is 6.46. The average Bonchev–Trinajstić information content (AvgIpc) is 3.19. The highest BCUT2D eigenvalue weighted by Gasteiger charge is 2.57. The minimum Gasteiger partial charge on any atom is -0.351 e. The summed E-state index contributed by atoms with van der Waals surface area (Å²) in [7, 11) is 0. The van der Waals surface area contributed by atoms with Crippen molar-refractivity contribution in [3.8, 4) is 0 Å². The molecule has 1 fully saturated rings. The lowest BCUT2D eigenvalue weighted by molar-refractivity contribution is -0.135. The van der Waals surface area contributed by atoms with Gasteiger partial charge in [-0.15, -0.1) is 0 Å². The summed E-state index contributed by atoms with van der Waals surface area (Å²) in [6.07, 6.45) is 0.651. The molecular formula is C15H17F3N2O2. The van der Waals surface area contributed by atoms with Crippen LogP contribution in [0.5, 0.6) is 0 Å². The van der Waals surface area contributed by atoms with Gasteiger partial charge >= 0.3 is 0 Å². The first-order valence-electron chi connectivity index (χ1n) is 6.84. The van der Waals surface area contributed by atoms with Crippen LogP contribution in [0.4, 0.5) is 18.9 Å². The van der Waals surface area contributed by atoms with E-state index in [2.05, 4.69) is 10.6 Å². The number of benzene rings is 1. The fraction of sp³-hybridized carbons (Fsp3) is 0.467. The molecule has 1 aromatic rings. The van der Waals surface area contributed by atoms with Gasteiger partial charge in [-0.05, 0) is 45.7 Å². The van der Waals surface area contributed by atoms with Crippen LogP contribution in [0.3, 0.4) is 0 Å². The third-order valence-electron chi connectivity index (χ3n) is 3.39. The summed E-state index contributed by atoms with van der Waals surface area (Å²) in [6.45, 7) is 5.32. The average molecular weight is 314 g/mol. The lowest BCUT2D eigenvalue weighted by Gasteiger charge is -2.24. The fourth-order valence-corrected chi connectivity index (χ4v) is 2.01. The molecule has 2 rings (SSSR count). The van der Waals surface area contributed by atoms with Gasteiger partial charge in [0.2, 0.25) is 11.8 Å². The molecule has 2 amide bonds. The van der Waals surface area contributed by atoms with E-state index in [9.17, 15) is 22.8 Å². The van der Waals surface area contributed by atoms with Crippen LogP contribution in [-0.4, -0.2) is 17.4 Å². The second kappa shape index (κ2) is 5.30. The van der Waals surface area contributed by atoms with E-state index in [0.717, 1.165) is 6.07 Å². The van der Waals surface area contributed by atoms with Crippen molar-refractivity contribution in [2.24, 2.45) is 5.41 Å². The van der Waals surface area contributed by atoms with Crippen molar-refractivity contribution in [3.63, 3.8) is 0 Å². The standard InChI is InChI=1S/C15H17F3N2O2/c1-14(2,3)20-13(22)15(6-7-15)12(21)19-9-5-4-8(16)10(17)11(9)18/h4-5H,6-7H2,1-3H3,(H,19,21)(H,20,22). The molecule has 0 radical (unpaired) electrons. The Labute approximate surface area is 126 Å². The number of carbonyl (C=O) groups is 2. The fourth-order valence-electron chi connectivity index (χ4n) is 2.01. The topological polar surface area (TPSA) is 58.2 Å². The Hall–Kier alpha value is -2.05. The Morgan fingerprint density at radius 1 is 1.05 bits per heavy atom. The van der Waals surface area contributed by atoms with Gasteiger partial charge in [0.05, 0.1) is 5.69 Å². The predicted molar refractivity (Wildman–Crippen MR) is 74.5 cm³/mol. The molecular weight excluding hydrogens is 297 g/mol. The number of anilines is 1. The zero-order valence-electron chi connectivity index (χ0n) is 12.5. The number of nitrogens with one attached hydrogen (secondary N) is 2. The molecule has 0 atom stereocenters. The highest BCUT2D eigenvalue weighted by atomic mass is 19.2. The summed E-state index contributed by atoms with van der Waals surface area (Å²) in [5, 5.41) is 4.86. The highest BCUT2D eigenvalue weighted by molar-refractivity contribution is 6.13. The van der Waals surface area contributed by atoms with E-state index < -0.39 is 45.9 Å². The van der Waals surface area contributed by atoms with E-state index in [4.69, 9.17) is 0 Å². The first-order chi connectivity index (χ1) is 10.1. The number of carbonyl (C=O) groups excluding carboxylic acids is 2. The molecule has 1 aliphatic carbocycles. The van der Waals surface area contributed by atoms with Crippen molar-refractivity contribution in [3.05, 3.63) is 29.6 Å². The van der Waals surface area contributed by atoms with Crippen LogP contribution in [0.25, 0.3) is 0 Å². The molecule has 22 heavy (non-hydrogen) atoms. The molecule has 0 saturated heterocycles. The molecule has 0 heterocycles. The lowest BCUT2D eigenvalue weighted by Crippen LogP contribution is -2.48. The normalized spacial score (nSPS) is 16.1. The van der Waals surface area contributed by atoms with Gasteiger partial charge in [0.25, 0.3) is 0 Å². The first-order valence-corrected chi connectivity index (χ1v) is 6.84. The third kappa shape index (κ3) is 3.08. The number of amides is 2. The van der Waals surface area contributed by atoms with E-state index in [1.807, 2.05) is 0 Å². The molecule has 0 aromatic heterocycles. The molecule has 1 aromatic carbocycles. The van der Waals surface area contributed by atoms with Crippen molar-refractivity contribution >= 4 is 17.5 Å². The van der Waals surface area contributed by atoms with Gasteiger partial charge in [-0.3, -0.25) is 9.59 Å². The number of halogens is 3. The first kappa shape index (κ1) is 16.3. The van der Waals surface area contributed by atoms with Crippen LogP contribution in [0.1, 0.15) is 33.6 Å². The Morgan fingerprint density at radius 2 is 1.64 bits per heavy atom. The highest BCUT2D eigenvalue weighted by Crippen LogP contribution is 2.47. The van der Waals surface area contributed by atoms with Crippen molar-refractivity contribution in [1.82, 2.24) is 5.32 Å². The lowest BCUT2D eigenvalue weighted by atomic mass is 10.0. The quantitative estimate of drug-likeness (QED) is 0.666. The minimum absolute atomic E-state index is 0.325. The largest absolute Gasteiger partial charge is 0.351 e. The van der Waals surface area contributed by atoms with E-state index in [-0.39, 0.29) is 0 Å². The molecule has 1 aliphatic rings. The number of rotatable bonds is 3. The Morgan fingerprint density at radius 3 is 2.14 bits per heavy atom. The molecule has 0 bridgehead atoms. The summed E-state index contributed by atoms with van der Waals surface area (Å²) >= 11 is 0. The van der Waals surface area contributed by atoms with Gasteiger partial charge in [-0.1, -0.05) is 0 Å². The maximum atomic E-state index is 13.6. The molecule has 1 saturated carbocycles. The molecule has 7 heteroatoms. The maximum Gasteiger partial charge on any atom is 0.240 e. The predicted octanol–water partition coefficient (Wildman–Crippen LogP) is 2.74. The van der Waals surface area contributed by atoms with E-state index in [1.165, 1.54) is 0 Å². The molecule has 4 nitrogen and oxygen atoms in total. The molecule has 2 N–H and O–H groups in total. The summed E-state index contributed by atoms with van der Waals surface area (Å²) in [5.74, 6) is -5.68. The van der Waals surface area contributed by atoms with Crippen LogP contribution in [0.2, 0.25) is 0 Å². The van der Waals surface area contributed by atoms with Gasteiger partial charge in [-0.2, -0.15) is 0 Å². The second-order valence-corrected chi connectivity index (χ2v) is 6.46. The molecule has 120 valence electrons. The molecule has 0 unspecified atom stereocenters. The van der Waals surface area contributed by atoms with E-state index in [0.29, 0.717) is 18.9 Å². The number of hydrogen-bond acceptors (Lipinski definition) is 2. The van der Waals surface area contributed by atoms with Gasteiger partial charge < -0.3 is 10.6 Å². The summed E-state index contributed by atoms with van der Waals surface area (Å²) in [5.41, 5.74) is -2.27.